The van der Waals surface area contributed by atoms with Gasteiger partial charge in [0.2, 0.25) is 0 Å². The highest BCUT2D eigenvalue weighted by atomic mass is 19.4. The minimum absolute atomic E-state index is 0.0469. The SMILES string of the molecule is CC(C)(C)c1cc(CN2CC3CN(C(=O)OC(C(F)(F)F)C(F)(F)F)CC3C2)n(C2CCOCC2)n1. The summed E-state index contributed by atoms with van der Waals surface area (Å²) in [4.78, 5) is 15.3. The fraction of sp³-hybridized carbons (Fsp3) is 0.826. The van der Waals surface area contributed by atoms with Crippen molar-refractivity contribution in [2.75, 3.05) is 39.4 Å². The van der Waals surface area contributed by atoms with Gasteiger partial charge in [-0.05, 0) is 30.7 Å². The van der Waals surface area contributed by atoms with Crippen LogP contribution in [0.1, 0.15) is 51.0 Å². The fourth-order valence-electron chi connectivity index (χ4n) is 5.26. The van der Waals surface area contributed by atoms with Crippen LogP contribution in [0.5, 0.6) is 0 Å². The van der Waals surface area contributed by atoms with Gasteiger partial charge < -0.3 is 14.4 Å². The Hall–Kier alpha value is -2.02. The number of hydrogen-bond donors (Lipinski definition) is 0. The Labute approximate surface area is 205 Å². The third kappa shape index (κ3) is 5.92. The van der Waals surface area contributed by atoms with Crippen LogP contribution in [0.3, 0.4) is 0 Å². The van der Waals surface area contributed by atoms with Gasteiger partial charge in [0.05, 0.1) is 17.4 Å². The number of aromatic nitrogens is 2. The van der Waals surface area contributed by atoms with E-state index in [1.54, 1.807) is 0 Å². The number of alkyl halides is 6. The molecule has 4 heterocycles. The molecular weight excluding hydrogens is 494 g/mol. The fourth-order valence-corrected chi connectivity index (χ4v) is 5.26. The summed E-state index contributed by atoms with van der Waals surface area (Å²) in [5, 5.41) is 4.90. The lowest BCUT2D eigenvalue weighted by Crippen LogP contribution is -2.48. The van der Waals surface area contributed by atoms with Gasteiger partial charge in [-0.25, -0.2) is 4.79 Å². The highest BCUT2D eigenvalue weighted by Gasteiger charge is 2.60. The normalized spacial score (nSPS) is 24.6. The summed E-state index contributed by atoms with van der Waals surface area (Å²) in [5.74, 6) is -0.0939. The molecule has 1 amide bonds. The quantitative estimate of drug-likeness (QED) is 0.540. The summed E-state index contributed by atoms with van der Waals surface area (Å²) in [6, 6.07) is 2.36. The first kappa shape index (κ1) is 27.0. The molecule has 0 spiro atoms. The number of amides is 1. The molecule has 2 unspecified atom stereocenters. The number of fused-ring (bicyclic) bond motifs is 1. The van der Waals surface area contributed by atoms with Crippen LogP contribution >= 0.6 is 0 Å². The van der Waals surface area contributed by atoms with Crippen molar-refractivity contribution in [1.82, 2.24) is 19.6 Å². The minimum atomic E-state index is -5.72. The number of rotatable bonds is 4. The molecule has 0 bridgehead atoms. The predicted octanol–water partition coefficient (Wildman–Crippen LogP) is 4.53. The van der Waals surface area contributed by atoms with Gasteiger partial charge in [-0.2, -0.15) is 31.4 Å². The first-order valence-corrected chi connectivity index (χ1v) is 12.1. The Bertz CT molecular complexity index is 908. The molecule has 0 aliphatic carbocycles. The van der Waals surface area contributed by atoms with Crippen LogP contribution in [0.2, 0.25) is 0 Å². The molecule has 0 radical (unpaired) electrons. The van der Waals surface area contributed by atoms with E-state index in [4.69, 9.17) is 9.84 Å². The van der Waals surface area contributed by atoms with Crippen LogP contribution in [0, 0.1) is 11.8 Å². The van der Waals surface area contributed by atoms with Crippen molar-refractivity contribution in [3.63, 3.8) is 0 Å². The molecule has 3 aliphatic heterocycles. The summed E-state index contributed by atoms with van der Waals surface area (Å²) in [5.41, 5.74) is 1.93. The topological polar surface area (TPSA) is 59.8 Å². The smallest absolute Gasteiger partial charge is 0.426 e. The lowest BCUT2D eigenvalue weighted by Gasteiger charge is -2.27. The zero-order valence-electron chi connectivity index (χ0n) is 20.5. The van der Waals surface area contributed by atoms with E-state index < -0.39 is 24.5 Å². The molecule has 3 aliphatic rings. The second kappa shape index (κ2) is 9.70. The molecule has 1 aromatic heterocycles. The molecule has 204 valence electrons. The molecule has 4 rings (SSSR count). The maximum absolute atomic E-state index is 12.8. The van der Waals surface area contributed by atoms with E-state index >= 15 is 0 Å². The lowest BCUT2D eigenvalue weighted by molar-refractivity contribution is -0.308. The molecule has 3 saturated heterocycles. The largest absolute Gasteiger partial charge is 0.434 e. The van der Waals surface area contributed by atoms with E-state index in [1.807, 2.05) is 0 Å². The number of ether oxygens (including phenoxy) is 2. The van der Waals surface area contributed by atoms with Crippen molar-refractivity contribution >= 4 is 6.09 Å². The van der Waals surface area contributed by atoms with Crippen molar-refractivity contribution in [1.29, 1.82) is 0 Å². The van der Waals surface area contributed by atoms with Gasteiger partial charge >= 0.3 is 18.4 Å². The van der Waals surface area contributed by atoms with Crippen LogP contribution in [-0.4, -0.2) is 83.5 Å². The summed E-state index contributed by atoms with van der Waals surface area (Å²) in [7, 11) is 0. The molecule has 1 aromatic rings. The molecule has 36 heavy (non-hydrogen) atoms. The first-order chi connectivity index (χ1) is 16.6. The van der Waals surface area contributed by atoms with Gasteiger partial charge in [-0.15, -0.1) is 0 Å². The standard InChI is InChI=1S/C23H32F6N4O3/c1-21(2,3)18-8-17(33(30-18)16-4-6-35-7-5-16)13-31-9-14-11-32(12-15(14)10-31)20(34)36-19(22(24,25)26)23(27,28)29/h8,14-16,19H,4-7,9-13H2,1-3H3. The molecule has 2 atom stereocenters. The molecule has 0 saturated carbocycles. The van der Waals surface area contributed by atoms with Gasteiger partial charge in [-0.3, -0.25) is 9.58 Å². The van der Waals surface area contributed by atoms with Crippen LogP contribution in [0.4, 0.5) is 31.1 Å². The van der Waals surface area contributed by atoms with Gasteiger partial charge in [0.1, 0.15) is 0 Å². The molecule has 0 aromatic carbocycles. The van der Waals surface area contributed by atoms with Crippen LogP contribution in [0.25, 0.3) is 0 Å². The average Bonchev–Trinajstić information content (AvgIpc) is 3.44. The van der Waals surface area contributed by atoms with Crippen LogP contribution in [-0.2, 0) is 21.4 Å². The van der Waals surface area contributed by atoms with E-state index in [-0.39, 0.29) is 36.4 Å². The maximum Gasteiger partial charge on any atom is 0.434 e. The Kier molecular flexibility index (Phi) is 7.28. The number of halogens is 6. The van der Waals surface area contributed by atoms with E-state index in [9.17, 15) is 31.1 Å². The summed E-state index contributed by atoms with van der Waals surface area (Å²) >= 11 is 0. The Morgan fingerprint density at radius 2 is 1.58 bits per heavy atom. The van der Waals surface area contributed by atoms with Crippen LogP contribution < -0.4 is 0 Å². The molecule has 7 nitrogen and oxygen atoms in total. The minimum Gasteiger partial charge on any atom is -0.426 e. The number of hydrogen-bond acceptors (Lipinski definition) is 5. The first-order valence-electron chi connectivity index (χ1n) is 12.1. The monoisotopic (exact) mass is 526 g/mol. The van der Waals surface area contributed by atoms with E-state index in [2.05, 4.69) is 41.2 Å². The second-order valence-electron chi connectivity index (χ2n) is 11.0. The Balaban J connectivity index is 1.38. The third-order valence-electron chi connectivity index (χ3n) is 7.14. The van der Waals surface area contributed by atoms with Crippen molar-refractivity contribution < 1.29 is 40.6 Å². The summed E-state index contributed by atoms with van der Waals surface area (Å²) < 4.78 is 88.0. The van der Waals surface area contributed by atoms with E-state index in [1.165, 1.54) is 0 Å². The van der Waals surface area contributed by atoms with Crippen LogP contribution in [0.15, 0.2) is 6.07 Å². The highest BCUT2D eigenvalue weighted by molar-refractivity contribution is 5.68. The van der Waals surface area contributed by atoms with Gasteiger partial charge in [0.25, 0.3) is 6.10 Å². The number of likely N-dealkylation sites (tertiary alicyclic amines) is 2. The van der Waals surface area contributed by atoms with Crippen molar-refractivity contribution in [3.05, 3.63) is 17.5 Å². The second-order valence-corrected chi connectivity index (χ2v) is 11.0. The van der Waals surface area contributed by atoms with Crippen molar-refractivity contribution in [2.45, 2.75) is 70.1 Å². The number of nitrogens with zero attached hydrogens (tertiary/aromatic N) is 4. The number of carbonyl (C=O) groups is 1. The molecule has 0 N–H and O–H groups in total. The predicted molar refractivity (Wildman–Crippen MR) is 116 cm³/mol. The summed E-state index contributed by atoms with van der Waals surface area (Å²) in [6.45, 7) is 9.58. The maximum atomic E-state index is 12.8. The Morgan fingerprint density at radius 1 is 1.03 bits per heavy atom. The van der Waals surface area contributed by atoms with E-state index in [0.29, 0.717) is 32.8 Å². The average molecular weight is 527 g/mol. The highest BCUT2D eigenvalue weighted by Crippen LogP contribution is 2.38. The van der Waals surface area contributed by atoms with Gasteiger partial charge in [0.15, 0.2) is 0 Å². The van der Waals surface area contributed by atoms with Crippen molar-refractivity contribution in [2.24, 2.45) is 11.8 Å². The summed E-state index contributed by atoms with van der Waals surface area (Å²) in [6.07, 6.45) is -15.4. The molecular formula is C23H32F6N4O3. The zero-order chi connectivity index (χ0) is 26.5. The Morgan fingerprint density at radius 3 is 2.08 bits per heavy atom. The van der Waals surface area contributed by atoms with Gasteiger partial charge in [-0.1, -0.05) is 20.8 Å². The zero-order valence-corrected chi connectivity index (χ0v) is 20.5. The lowest BCUT2D eigenvalue weighted by atomic mass is 9.92. The van der Waals surface area contributed by atoms with E-state index in [0.717, 1.165) is 29.1 Å². The van der Waals surface area contributed by atoms with Crippen molar-refractivity contribution in [3.8, 4) is 0 Å². The third-order valence-corrected chi connectivity index (χ3v) is 7.14. The molecule has 3 fully saturated rings. The van der Waals surface area contributed by atoms with Gasteiger partial charge in [0, 0.05) is 51.4 Å². The number of carbonyl (C=O) groups excluding carboxylic acids is 1. The molecule has 13 heteroatoms.